The van der Waals surface area contributed by atoms with Crippen LogP contribution in [0, 0.1) is 12.7 Å². The summed E-state index contributed by atoms with van der Waals surface area (Å²) in [5.74, 6) is 0.137. The lowest BCUT2D eigenvalue weighted by Crippen LogP contribution is -2.02. The Bertz CT molecular complexity index is 703. The van der Waals surface area contributed by atoms with E-state index in [1.807, 2.05) is 37.3 Å². The molecule has 0 amide bonds. The fourth-order valence-electron chi connectivity index (χ4n) is 3.02. The summed E-state index contributed by atoms with van der Waals surface area (Å²) in [6.07, 6.45) is 7.19. The molecular formula is C22H26ClF. The summed E-state index contributed by atoms with van der Waals surface area (Å²) in [4.78, 5) is 0. The van der Waals surface area contributed by atoms with E-state index in [1.165, 1.54) is 25.3 Å². The highest BCUT2D eigenvalue weighted by Gasteiger charge is 2.12. The van der Waals surface area contributed by atoms with Crippen LogP contribution in [0.2, 0.25) is 5.02 Å². The van der Waals surface area contributed by atoms with Gasteiger partial charge in [0.2, 0.25) is 0 Å². The SMILES string of the molecule is CC1=CCCC1.Cc1c(F)cccc1CC(C)c1ccccc1Cl. The summed E-state index contributed by atoms with van der Waals surface area (Å²) < 4.78 is 13.5. The van der Waals surface area contributed by atoms with Crippen molar-refractivity contribution in [3.8, 4) is 0 Å². The maximum Gasteiger partial charge on any atom is 0.126 e. The van der Waals surface area contributed by atoms with Gasteiger partial charge in [0.05, 0.1) is 0 Å². The zero-order chi connectivity index (χ0) is 17.5. The van der Waals surface area contributed by atoms with Crippen molar-refractivity contribution in [3.05, 3.63) is 81.6 Å². The number of allylic oxidation sites excluding steroid dienone is 2. The number of rotatable bonds is 3. The first kappa shape index (κ1) is 18.7. The molecule has 0 heterocycles. The summed E-state index contributed by atoms with van der Waals surface area (Å²) in [7, 11) is 0. The monoisotopic (exact) mass is 344 g/mol. The van der Waals surface area contributed by atoms with Crippen molar-refractivity contribution in [1.29, 1.82) is 0 Å². The van der Waals surface area contributed by atoms with Crippen molar-refractivity contribution in [2.75, 3.05) is 0 Å². The lowest BCUT2D eigenvalue weighted by atomic mass is 9.91. The largest absolute Gasteiger partial charge is 0.207 e. The smallest absolute Gasteiger partial charge is 0.126 e. The van der Waals surface area contributed by atoms with Gasteiger partial charge >= 0.3 is 0 Å². The highest BCUT2D eigenvalue weighted by atomic mass is 35.5. The minimum absolute atomic E-state index is 0.140. The Morgan fingerprint density at radius 2 is 1.83 bits per heavy atom. The Kier molecular flexibility index (Phi) is 7.05. The zero-order valence-corrected chi connectivity index (χ0v) is 15.5. The van der Waals surface area contributed by atoms with E-state index in [9.17, 15) is 4.39 Å². The maximum absolute atomic E-state index is 13.5. The van der Waals surface area contributed by atoms with Gasteiger partial charge in [0.25, 0.3) is 0 Å². The molecule has 1 atom stereocenters. The van der Waals surface area contributed by atoms with Gasteiger partial charge < -0.3 is 0 Å². The molecule has 24 heavy (non-hydrogen) atoms. The van der Waals surface area contributed by atoms with Crippen LogP contribution in [-0.2, 0) is 6.42 Å². The van der Waals surface area contributed by atoms with Gasteiger partial charge in [-0.25, -0.2) is 4.39 Å². The summed E-state index contributed by atoms with van der Waals surface area (Å²) in [5.41, 5.74) is 4.47. The summed E-state index contributed by atoms with van der Waals surface area (Å²) in [6.45, 7) is 6.14. The minimum atomic E-state index is -0.140. The molecule has 0 spiro atoms. The van der Waals surface area contributed by atoms with Crippen LogP contribution in [0.5, 0.6) is 0 Å². The lowest BCUT2D eigenvalue weighted by molar-refractivity contribution is 0.612. The van der Waals surface area contributed by atoms with Crippen LogP contribution in [-0.4, -0.2) is 0 Å². The second-order valence-electron chi connectivity index (χ2n) is 6.59. The van der Waals surface area contributed by atoms with E-state index in [0.29, 0.717) is 0 Å². The fourth-order valence-corrected chi connectivity index (χ4v) is 3.34. The fraction of sp³-hybridized carbons (Fsp3) is 0.364. The number of halogens is 2. The molecule has 1 aliphatic rings. The molecule has 0 bridgehead atoms. The van der Waals surface area contributed by atoms with Crippen molar-refractivity contribution in [2.45, 2.75) is 52.4 Å². The Labute approximate surface area is 150 Å². The molecule has 0 radical (unpaired) electrons. The molecule has 0 aliphatic heterocycles. The summed E-state index contributed by atoms with van der Waals surface area (Å²) in [5, 5.41) is 0.777. The Balaban J connectivity index is 0.000000292. The third-order valence-electron chi connectivity index (χ3n) is 4.61. The van der Waals surface area contributed by atoms with E-state index >= 15 is 0 Å². The summed E-state index contributed by atoms with van der Waals surface area (Å²) in [6, 6.07) is 13.1. The lowest BCUT2D eigenvalue weighted by Gasteiger charge is -2.15. The van der Waals surface area contributed by atoms with Gasteiger partial charge in [-0.2, -0.15) is 0 Å². The average Bonchev–Trinajstić information content (AvgIpc) is 3.04. The molecule has 2 aromatic carbocycles. The molecule has 0 saturated carbocycles. The van der Waals surface area contributed by atoms with Crippen LogP contribution in [0.25, 0.3) is 0 Å². The Morgan fingerprint density at radius 1 is 1.08 bits per heavy atom. The van der Waals surface area contributed by atoms with Crippen LogP contribution >= 0.6 is 11.6 Å². The normalized spacial score (nSPS) is 14.6. The number of hydrogen-bond acceptors (Lipinski definition) is 0. The quantitative estimate of drug-likeness (QED) is 0.514. The third kappa shape index (κ3) is 5.21. The molecule has 128 valence electrons. The molecule has 0 N–H and O–H groups in total. The van der Waals surface area contributed by atoms with Gasteiger partial charge in [0.15, 0.2) is 0 Å². The van der Waals surface area contributed by atoms with Crippen LogP contribution in [0.1, 0.15) is 55.7 Å². The average molecular weight is 345 g/mol. The van der Waals surface area contributed by atoms with Crippen molar-refractivity contribution in [2.24, 2.45) is 0 Å². The van der Waals surface area contributed by atoms with Crippen molar-refractivity contribution in [3.63, 3.8) is 0 Å². The van der Waals surface area contributed by atoms with Crippen LogP contribution in [0.15, 0.2) is 54.1 Å². The maximum atomic E-state index is 13.5. The number of benzene rings is 2. The Hall–Kier alpha value is -1.60. The van der Waals surface area contributed by atoms with E-state index in [1.54, 1.807) is 11.6 Å². The van der Waals surface area contributed by atoms with Gasteiger partial charge in [0.1, 0.15) is 5.82 Å². The molecule has 0 nitrogen and oxygen atoms in total. The predicted molar refractivity (Wildman–Crippen MR) is 102 cm³/mol. The van der Waals surface area contributed by atoms with Gasteiger partial charge in [-0.1, -0.05) is 60.5 Å². The van der Waals surface area contributed by atoms with Crippen molar-refractivity contribution < 1.29 is 4.39 Å². The molecule has 3 rings (SSSR count). The number of hydrogen-bond donors (Lipinski definition) is 0. The van der Waals surface area contributed by atoms with Crippen LogP contribution in [0.4, 0.5) is 4.39 Å². The first-order chi connectivity index (χ1) is 11.5. The first-order valence-electron chi connectivity index (χ1n) is 8.63. The molecule has 0 saturated heterocycles. The zero-order valence-electron chi connectivity index (χ0n) is 14.8. The van der Waals surface area contributed by atoms with Crippen LogP contribution in [0.3, 0.4) is 0 Å². The third-order valence-corrected chi connectivity index (χ3v) is 4.95. The Morgan fingerprint density at radius 3 is 2.42 bits per heavy atom. The second kappa shape index (κ2) is 9.03. The second-order valence-corrected chi connectivity index (χ2v) is 7.00. The standard InChI is InChI=1S/C16H16ClF.C6H10/c1-11(14-7-3-4-8-15(14)17)10-13-6-5-9-16(18)12(13)2;1-6-4-2-3-5-6/h3-9,11H,10H2,1-2H3;4H,2-3,5H2,1H3. The topological polar surface area (TPSA) is 0 Å². The molecule has 1 aliphatic carbocycles. The molecular weight excluding hydrogens is 319 g/mol. The van der Waals surface area contributed by atoms with Crippen molar-refractivity contribution in [1.82, 2.24) is 0 Å². The van der Waals surface area contributed by atoms with E-state index in [0.717, 1.165) is 28.1 Å². The molecule has 1 unspecified atom stereocenters. The van der Waals surface area contributed by atoms with Crippen molar-refractivity contribution >= 4 is 11.6 Å². The van der Waals surface area contributed by atoms with E-state index in [-0.39, 0.29) is 11.7 Å². The van der Waals surface area contributed by atoms with Gasteiger partial charge in [-0.3, -0.25) is 0 Å². The van der Waals surface area contributed by atoms with Gasteiger partial charge in [0, 0.05) is 5.02 Å². The predicted octanol–water partition coefficient (Wildman–Crippen LogP) is 7.25. The highest BCUT2D eigenvalue weighted by molar-refractivity contribution is 6.31. The first-order valence-corrected chi connectivity index (χ1v) is 9.01. The van der Waals surface area contributed by atoms with E-state index < -0.39 is 0 Å². The minimum Gasteiger partial charge on any atom is -0.207 e. The van der Waals surface area contributed by atoms with Gasteiger partial charge in [-0.05, 0) is 74.3 Å². The molecule has 2 heteroatoms. The molecule has 2 aromatic rings. The van der Waals surface area contributed by atoms with Crippen LogP contribution < -0.4 is 0 Å². The highest BCUT2D eigenvalue weighted by Crippen LogP contribution is 2.28. The summed E-state index contributed by atoms with van der Waals surface area (Å²) >= 11 is 6.18. The molecule has 0 aromatic heterocycles. The van der Waals surface area contributed by atoms with Gasteiger partial charge in [-0.15, -0.1) is 0 Å². The van der Waals surface area contributed by atoms with E-state index in [4.69, 9.17) is 11.6 Å². The van der Waals surface area contributed by atoms with E-state index in [2.05, 4.69) is 19.9 Å². The molecule has 0 fully saturated rings.